The van der Waals surface area contributed by atoms with Gasteiger partial charge in [0, 0.05) is 32.8 Å². The fourth-order valence-electron chi connectivity index (χ4n) is 1.87. The molecule has 1 amide bonds. The van der Waals surface area contributed by atoms with Gasteiger partial charge in [0.2, 0.25) is 5.91 Å². The molecule has 5 nitrogen and oxygen atoms in total. The van der Waals surface area contributed by atoms with Gasteiger partial charge < -0.3 is 9.64 Å². The minimum atomic E-state index is -0.449. The third kappa shape index (κ3) is 3.69. The lowest BCUT2D eigenvalue weighted by Gasteiger charge is -2.40. The molecule has 1 aliphatic rings. The van der Waals surface area contributed by atoms with Crippen molar-refractivity contribution in [3.8, 4) is 6.07 Å². The van der Waals surface area contributed by atoms with Gasteiger partial charge in [0.1, 0.15) is 12.1 Å². The summed E-state index contributed by atoms with van der Waals surface area (Å²) in [6.07, 6.45) is 0. The molecule has 0 aromatic rings. The molecule has 1 rings (SSSR count). The van der Waals surface area contributed by atoms with Gasteiger partial charge in [-0.15, -0.1) is 0 Å². The van der Waals surface area contributed by atoms with Crippen LogP contribution >= 0.6 is 0 Å². The fraction of sp³-hybridized carbons (Fsp3) is 0.833. The first kappa shape index (κ1) is 13.9. The van der Waals surface area contributed by atoms with Gasteiger partial charge in [0.25, 0.3) is 0 Å². The van der Waals surface area contributed by atoms with Crippen LogP contribution in [0.4, 0.5) is 0 Å². The summed E-state index contributed by atoms with van der Waals surface area (Å²) < 4.78 is 5.11. The average molecular weight is 239 g/mol. The van der Waals surface area contributed by atoms with Gasteiger partial charge in [-0.2, -0.15) is 5.26 Å². The Bertz CT molecular complexity index is 301. The van der Waals surface area contributed by atoms with Gasteiger partial charge >= 0.3 is 0 Å². The highest BCUT2D eigenvalue weighted by molar-refractivity contribution is 5.77. The molecule has 0 N–H and O–H groups in total. The number of hydrogen-bond donors (Lipinski definition) is 0. The van der Waals surface area contributed by atoms with E-state index in [0.29, 0.717) is 19.7 Å². The molecule has 0 saturated carbocycles. The highest BCUT2D eigenvalue weighted by Crippen LogP contribution is 2.15. The number of carbonyl (C=O) groups is 1. The van der Waals surface area contributed by atoms with Crippen molar-refractivity contribution in [3.63, 3.8) is 0 Å². The quantitative estimate of drug-likeness (QED) is 0.715. The van der Waals surface area contributed by atoms with E-state index in [9.17, 15) is 4.79 Å². The molecule has 0 aromatic carbocycles. The van der Waals surface area contributed by atoms with Crippen LogP contribution in [-0.4, -0.2) is 60.6 Å². The predicted octanol–water partition coefficient (Wildman–Crippen LogP) is 0.469. The number of nitrogens with zero attached hydrogens (tertiary/aromatic N) is 3. The molecule has 0 aliphatic carbocycles. The lowest BCUT2D eigenvalue weighted by Crippen LogP contribution is -2.55. The zero-order chi connectivity index (χ0) is 12.9. The minimum absolute atomic E-state index is 0.0428. The van der Waals surface area contributed by atoms with Gasteiger partial charge in [-0.25, -0.2) is 0 Å². The van der Waals surface area contributed by atoms with E-state index in [-0.39, 0.29) is 12.5 Å². The Hall–Kier alpha value is -1.12. The van der Waals surface area contributed by atoms with Crippen LogP contribution in [0.5, 0.6) is 0 Å². The molecule has 1 saturated heterocycles. The standard InChI is InChI=1S/C12H21N3O2/c1-4-17-9-11(16)14-5-7-15(8-6-14)12(2,3)10-13/h4-9H2,1-3H3. The summed E-state index contributed by atoms with van der Waals surface area (Å²) in [7, 11) is 0. The largest absolute Gasteiger partial charge is 0.372 e. The summed E-state index contributed by atoms with van der Waals surface area (Å²) in [5, 5.41) is 9.05. The summed E-state index contributed by atoms with van der Waals surface area (Å²) in [6.45, 7) is 9.27. The van der Waals surface area contributed by atoms with Crippen molar-refractivity contribution < 1.29 is 9.53 Å². The smallest absolute Gasteiger partial charge is 0.248 e. The molecular formula is C12H21N3O2. The molecule has 0 spiro atoms. The van der Waals surface area contributed by atoms with E-state index in [4.69, 9.17) is 10.00 Å². The molecule has 1 fully saturated rings. The zero-order valence-electron chi connectivity index (χ0n) is 10.9. The Balaban J connectivity index is 2.41. The Labute approximate surface area is 103 Å². The lowest BCUT2D eigenvalue weighted by atomic mass is 10.0. The van der Waals surface area contributed by atoms with Crippen LogP contribution < -0.4 is 0 Å². The van der Waals surface area contributed by atoms with Crippen molar-refractivity contribution in [2.75, 3.05) is 39.4 Å². The second-order valence-corrected chi connectivity index (χ2v) is 4.68. The second-order valence-electron chi connectivity index (χ2n) is 4.68. The Morgan fingerprint density at radius 1 is 1.35 bits per heavy atom. The Morgan fingerprint density at radius 3 is 2.41 bits per heavy atom. The van der Waals surface area contributed by atoms with Gasteiger partial charge in [-0.3, -0.25) is 9.69 Å². The highest BCUT2D eigenvalue weighted by atomic mass is 16.5. The molecular weight excluding hydrogens is 218 g/mol. The van der Waals surface area contributed by atoms with E-state index in [2.05, 4.69) is 11.0 Å². The van der Waals surface area contributed by atoms with Gasteiger partial charge in [-0.05, 0) is 20.8 Å². The van der Waals surface area contributed by atoms with E-state index in [1.54, 1.807) is 4.90 Å². The first-order valence-electron chi connectivity index (χ1n) is 6.03. The van der Waals surface area contributed by atoms with Crippen molar-refractivity contribution in [1.82, 2.24) is 9.80 Å². The molecule has 1 aliphatic heterocycles. The van der Waals surface area contributed by atoms with E-state index >= 15 is 0 Å². The maximum atomic E-state index is 11.7. The molecule has 17 heavy (non-hydrogen) atoms. The van der Waals surface area contributed by atoms with Crippen molar-refractivity contribution in [1.29, 1.82) is 5.26 Å². The summed E-state index contributed by atoms with van der Waals surface area (Å²) in [6, 6.07) is 2.29. The van der Waals surface area contributed by atoms with Crippen LogP contribution in [0, 0.1) is 11.3 Å². The number of carbonyl (C=O) groups excluding carboxylic acids is 1. The topological polar surface area (TPSA) is 56.6 Å². The normalized spacial score (nSPS) is 17.9. The van der Waals surface area contributed by atoms with Crippen LogP contribution in [0.1, 0.15) is 20.8 Å². The first-order valence-corrected chi connectivity index (χ1v) is 6.03. The van der Waals surface area contributed by atoms with Crippen molar-refractivity contribution in [3.05, 3.63) is 0 Å². The van der Waals surface area contributed by atoms with E-state index in [0.717, 1.165) is 13.1 Å². The molecule has 0 unspecified atom stereocenters. The monoisotopic (exact) mass is 239 g/mol. The summed E-state index contributed by atoms with van der Waals surface area (Å²) >= 11 is 0. The molecule has 1 heterocycles. The summed E-state index contributed by atoms with van der Waals surface area (Å²) in [5.74, 6) is 0.0428. The molecule has 0 radical (unpaired) electrons. The predicted molar refractivity (Wildman–Crippen MR) is 64.3 cm³/mol. The third-order valence-electron chi connectivity index (χ3n) is 3.13. The summed E-state index contributed by atoms with van der Waals surface area (Å²) in [4.78, 5) is 15.6. The second kappa shape index (κ2) is 5.99. The number of rotatable bonds is 4. The Kier molecular flexibility index (Phi) is 4.91. The maximum Gasteiger partial charge on any atom is 0.248 e. The minimum Gasteiger partial charge on any atom is -0.372 e. The number of piperazine rings is 1. The van der Waals surface area contributed by atoms with Crippen molar-refractivity contribution >= 4 is 5.91 Å². The van der Waals surface area contributed by atoms with Crippen LogP contribution in [0.2, 0.25) is 0 Å². The SMILES string of the molecule is CCOCC(=O)N1CCN(C(C)(C)C#N)CC1. The molecule has 96 valence electrons. The van der Waals surface area contributed by atoms with Gasteiger partial charge in [0.15, 0.2) is 0 Å². The van der Waals surface area contributed by atoms with Gasteiger partial charge in [-0.1, -0.05) is 0 Å². The van der Waals surface area contributed by atoms with Crippen molar-refractivity contribution in [2.45, 2.75) is 26.3 Å². The fourth-order valence-corrected chi connectivity index (χ4v) is 1.87. The maximum absolute atomic E-state index is 11.7. The van der Waals surface area contributed by atoms with Crippen LogP contribution in [-0.2, 0) is 9.53 Å². The van der Waals surface area contributed by atoms with Gasteiger partial charge in [0.05, 0.1) is 6.07 Å². The summed E-state index contributed by atoms with van der Waals surface area (Å²) in [5.41, 5.74) is -0.449. The average Bonchev–Trinajstić information content (AvgIpc) is 2.36. The number of ether oxygens (including phenoxy) is 1. The van der Waals surface area contributed by atoms with E-state index < -0.39 is 5.54 Å². The number of amides is 1. The van der Waals surface area contributed by atoms with E-state index in [1.165, 1.54) is 0 Å². The first-order chi connectivity index (χ1) is 8.01. The molecule has 0 bridgehead atoms. The Morgan fingerprint density at radius 2 is 1.94 bits per heavy atom. The van der Waals surface area contributed by atoms with Crippen LogP contribution in [0.25, 0.3) is 0 Å². The lowest BCUT2D eigenvalue weighted by molar-refractivity contribution is -0.138. The van der Waals surface area contributed by atoms with Crippen LogP contribution in [0.15, 0.2) is 0 Å². The number of hydrogen-bond acceptors (Lipinski definition) is 4. The number of nitriles is 1. The van der Waals surface area contributed by atoms with Crippen molar-refractivity contribution in [2.24, 2.45) is 0 Å². The molecule has 5 heteroatoms. The zero-order valence-corrected chi connectivity index (χ0v) is 10.9. The van der Waals surface area contributed by atoms with E-state index in [1.807, 2.05) is 20.8 Å². The third-order valence-corrected chi connectivity index (χ3v) is 3.13. The highest BCUT2D eigenvalue weighted by Gasteiger charge is 2.30. The van der Waals surface area contributed by atoms with Crippen LogP contribution in [0.3, 0.4) is 0 Å². The molecule has 0 atom stereocenters. The molecule has 0 aromatic heterocycles.